The monoisotopic (exact) mass is 306 g/mol. The highest BCUT2D eigenvalue weighted by Crippen LogP contribution is 2.23. The van der Waals surface area contributed by atoms with Gasteiger partial charge in [0.2, 0.25) is 0 Å². The van der Waals surface area contributed by atoms with Crippen LogP contribution in [0.25, 0.3) is 0 Å². The number of nitrogens with one attached hydrogen (secondary N) is 1. The van der Waals surface area contributed by atoms with Crippen LogP contribution in [0.3, 0.4) is 0 Å². The summed E-state index contributed by atoms with van der Waals surface area (Å²) in [7, 11) is -2.07. The fourth-order valence-corrected chi connectivity index (χ4v) is 2.57. The molecule has 9 heteroatoms. The summed E-state index contributed by atoms with van der Waals surface area (Å²) in [6.07, 6.45) is 4.05. The Labute approximate surface area is 114 Å². The lowest BCUT2D eigenvalue weighted by molar-refractivity contribution is 0.601. The van der Waals surface area contributed by atoms with Crippen molar-refractivity contribution in [3.05, 3.63) is 34.8 Å². The van der Waals surface area contributed by atoms with Crippen molar-refractivity contribution in [2.75, 3.05) is 4.72 Å². The molecule has 0 unspecified atom stereocenters. The summed E-state index contributed by atoms with van der Waals surface area (Å²) in [6.45, 7) is 0. The molecule has 2 aromatic heterocycles. The first-order valence-electron chi connectivity index (χ1n) is 4.71. The molecule has 0 fully saturated rings. The summed E-state index contributed by atoms with van der Waals surface area (Å²) in [6, 6.07) is 1.23. The second-order valence-electron chi connectivity index (χ2n) is 3.45. The highest BCUT2D eigenvalue weighted by Gasteiger charge is 2.17. The third kappa shape index (κ3) is 2.74. The molecule has 96 valence electrons. The number of anilines is 1. The number of rotatable bonds is 3. The summed E-state index contributed by atoms with van der Waals surface area (Å²) in [5.41, 5.74) is 0.351. The lowest BCUT2D eigenvalue weighted by Gasteiger charge is -2.06. The maximum atomic E-state index is 12.0. The third-order valence-electron chi connectivity index (χ3n) is 2.04. The second kappa shape index (κ2) is 4.75. The van der Waals surface area contributed by atoms with Crippen molar-refractivity contribution in [1.29, 1.82) is 0 Å². The number of aryl methyl sites for hydroxylation is 1. The van der Waals surface area contributed by atoms with Crippen molar-refractivity contribution in [3.63, 3.8) is 0 Å². The number of aromatic nitrogens is 3. The van der Waals surface area contributed by atoms with Crippen LogP contribution >= 0.6 is 23.2 Å². The van der Waals surface area contributed by atoms with Crippen LogP contribution in [-0.4, -0.2) is 23.2 Å². The van der Waals surface area contributed by atoms with Crippen molar-refractivity contribution in [2.45, 2.75) is 4.90 Å². The predicted molar refractivity (Wildman–Crippen MR) is 68.3 cm³/mol. The van der Waals surface area contributed by atoms with Gasteiger partial charge < -0.3 is 0 Å². The molecule has 0 saturated heterocycles. The molecule has 0 bridgehead atoms. The first kappa shape index (κ1) is 13.1. The summed E-state index contributed by atoms with van der Waals surface area (Å²) in [5.74, 6) is 0. The van der Waals surface area contributed by atoms with Gasteiger partial charge in [-0.15, -0.1) is 0 Å². The number of halogens is 2. The minimum Gasteiger partial charge on any atom is -0.276 e. The van der Waals surface area contributed by atoms with Crippen LogP contribution in [-0.2, 0) is 17.1 Å². The Kier molecular flexibility index (Phi) is 3.47. The molecule has 0 aromatic carbocycles. The van der Waals surface area contributed by atoms with Crippen LogP contribution in [0.1, 0.15) is 0 Å². The maximum Gasteiger partial charge on any atom is 0.263 e. The molecular weight excluding hydrogens is 299 g/mol. The van der Waals surface area contributed by atoms with Crippen molar-refractivity contribution >= 4 is 38.9 Å². The van der Waals surface area contributed by atoms with Crippen molar-refractivity contribution in [1.82, 2.24) is 14.8 Å². The fourth-order valence-electron chi connectivity index (χ4n) is 1.24. The molecule has 0 saturated carbocycles. The van der Waals surface area contributed by atoms with E-state index in [1.165, 1.54) is 23.1 Å². The normalized spacial score (nSPS) is 11.5. The standard InChI is InChI=1S/C9H8Cl2N4O2S/c1-15-5-6(3-13-15)14-18(16,17)7-2-8(10)9(11)12-4-7/h2-5,14H,1H3. The predicted octanol–water partition coefficient (Wildman–Crippen LogP) is 1.92. The first-order chi connectivity index (χ1) is 8.38. The molecule has 6 nitrogen and oxygen atoms in total. The Balaban J connectivity index is 2.33. The lowest BCUT2D eigenvalue weighted by atomic mass is 10.5. The number of pyridine rings is 1. The van der Waals surface area contributed by atoms with Gasteiger partial charge in [-0.25, -0.2) is 13.4 Å². The van der Waals surface area contributed by atoms with Gasteiger partial charge in [-0.3, -0.25) is 9.40 Å². The SMILES string of the molecule is Cn1cc(NS(=O)(=O)c2cnc(Cl)c(Cl)c2)cn1. The molecule has 18 heavy (non-hydrogen) atoms. The molecule has 0 aliphatic rings. The molecule has 2 aromatic rings. The quantitative estimate of drug-likeness (QED) is 0.879. The van der Waals surface area contributed by atoms with Crippen LogP contribution < -0.4 is 4.72 Å². The molecule has 2 rings (SSSR count). The lowest BCUT2D eigenvalue weighted by Crippen LogP contribution is -2.12. The van der Waals surface area contributed by atoms with E-state index in [0.717, 1.165) is 6.20 Å². The molecule has 0 spiro atoms. The fraction of sp³-hybridized carbons (Fsp3) is 0.111. The first-order valence-corrected chi connectivity index (χ1v) is 6.95. The Morgan fingerprint density at radius 1 is 1.33 bits per heavy atom. The number of hydrogen-bond donors (Lipinski definition) is 1. The highest BCUT2D eigenvalue weighted by molar-refractivity contribution is 7.92. The highest BCUT2D eigenvalue weighted by atomic mass is 35.5. The topological polar surface area (TPSA) is 76.9 Å². The average molecular weight is 307 g/mol. The van der Waals surface area contributed by atoms with E-state index in [4.69, 9.17) is 23.2 Å². The van der Waals surface area contributed by atoms with Gasteiger partial charge >= 0.3 is 0 Å². The largest absolute Gasteiger partial charge is 0.276 e. The molecule has 0 aliphatic heterocycles. The van der Waals surface area contributed by atoms with Gasteiger partial charge in [0.25, 0.3) is 10.0 Å². The van der Waals surface area contributed by atoms with Gasteiger partial charge in [0.05, 0.1) is 16.9 Å². The van der Waals surface area contributed by atoms with Gasteiger partial charge in [0.1, 0.15) is 10.0 Å². The van der Waals surface area contributed by atoms with E-state index in [0.29, 0.717) is 5.69 Å². The van der Waals surface area contributed by atoms with E-state index in [1.807, 2.05) is 0 Å². The zero-order valence-corrected chi connectivity index (χ0v) is 11.5. The molecule has 0 radical (unpaired) electrons. The Bertz CT molecular complexity index is 684. The molecule has 0 amide bonds. The second-order valence-corrected chi connectivity index (χ2v) is 5.90. The molecule has 0 aliphatic carbocycles. The van der Waals surface area contributed by atoms with E-state index < -0.39 is 10.0 Å². The summed E-state index contributed by atoms with van der Waals surface area (Å²) in [4.78, 5) is 3.62. The minimum absolute atomic E-state index is 0.0528. The summed E-state index contributed by atoms with van der Waals surface area (Å²) >= 11 is 11.3. The zero-order chi connectivity index (χ0) is 13.3. The van der Waals surface area contributed by atoms with Crippen LogP contribution in [0.2, 0.25) is 10.2 Å². The van der Waals surface area contributed by atoms with Crippen molar-refractivity contribution < 1.29 is 8.42 Å². The molecule has 0 atom stereocenters. The molecule has 2 heterocycles. The number of hydrogen-bond acceptors (Lipinski definition) is 4. The molecular formula is C9H8Cl2N4O2S. The number of nitrogens with zero attached hydrogens (tertiary/aromatic N) is 3. The van der Waals surface area contributed by atoms with E-state index in [2.05, 4.69) is 14.8 Å². The summed E-state index contributed by atoms with van der Waals surface area (Å²) in [5, 5.41) is 3.98. The van der Waals surface area contributed by atoms with Crippen LogP contribution in [0.15, 0.2) is 29.6 Å². The Morgan fingerprint density at radius 2 is 2.06 bits per heavy atom. The van der Waals surface area contributed by atoms with E-state index >= 15 is 0 Å². The van der Waals surface area contributed by atoms with Gasteiger partial charge in [-0.05, 0) is 6.07 Å². The summed E-state index contributed by atoms with van der Waals surface area (Å²) < 4.78 is 27.8. The number of sulfonamides is 1. The Hall–Kier alpha value is -1.31. The third-order valence-corrected chi connectivity index (χ3v) is 4.07. The van der Waals surface area contributed by atoms with Gasteiger partial charge in [-0.1, -0.05) is 23.2 Å². The minimum atomic E-state index is -3.75. The van der Waals surface area contributed by atoms with E-state index in [-0.39, 0.29) is 15.1 Å². The average Bonchev–Trinajstić information content (AvgIpc) is 2.67. The van der Waals surface area contributed by atoms with Crippen molar-refractivity contribution in [3.8, 4) is 0 Å². The zero-order valence-electron chi connectivity index (χ0n) is 9.13. The Morgan fingerprint density at radius 3 is 2.61 bits per heavy atom. The molecule has 1 N–H and O–H groups in total. The van der Waals surface area contributed by atoms with Crippen LogP contribution in [0, 0.1) is 0 Å². The van der Waals surface area contributed by atoms with Crippen molar-refractivity contribution in [2.24, 2.45) is 7.05 Å². The smallest absolute Gasteiger partial charge is 0.263 e. The van der Waals surface area contributed by atoms with Crippen LogP contribution in [0.5, 0.6) is 0 Å². The van der Waals surface area contributed by atoms with Gasteiger partial charge in [-0.2, -0.15) is 5.10 Å². The van der Waals surface area contributed by atoms with E-state index in [1.54, 1.807) is 7.05 Å². The maximum absolute atomic E-state index is 12.0. The van der Waals surface area contributed by atoms with E-state index in [9.17, 15) is 8.42 Å². The van der Waals surface area contributed by atoms with Gasteiger partial charge in [0.15, 0.2) is 0 Å². The van der Waals surface area contributed by atoms with Crippen LogP contribution in [0.4, 0.5) is 5.69 Å². The van der Waals surface area contributed by atoms with Gasteiger partial charge in [0, 0.05) is 19.4 Å².